The normalized spacial score (nSPS) is 9.00. The maximum absolute atomic E-state index is 5.70. The number of halogens is 1. The van der Waals surface area contributed by atoms with Crippen LogP contribution >= 0.6 is 11.6 Å². The van der Waals surface area contributed by atoms with Crippen LogP contribution in [0.25, 0.3) is 6.08 Å². The van der Waals surface area contributed by atoms with Crippen molar-refractivity contribution in [1.29, 1.82) is 0 Å². The zero-order chi connectivity index (χ0) is 6.69. The molecule has 1 aromatic rings. The zero-order valence-electron chi connectivity index (χ0n) is 4.89. The van der Waals surface area contributed by atoms with Crippen molar-refractivity contribution in [2.75, 3.05) is 0 Å². The second-order valence-electron chi connectivity index (χ2n) is 1.64. The molecule has 9 heavy (non-hydrogen) atoms. The monoisotopic (exact) mass is 137 g/mol. The summed E-state index contributed by atoms with van der Waals surface area (Å²) in [4.78, 5) is 0. The molecule has 0 aliphatic rings. The van der Waals surface area contributed by atoms with Crippen molar-refractivity contribution < 1.29 is 0 Å². The van der Waals surface area contributed by atoms with E-state index in [1.807, 2.05) is 12.1 Å². The minimum atomic E-state index is 0.632. The van der Waals surface area contributed by atoms with Crippen molar-refractivity contribution in [3.63, 3.8) is 0 Å². The van der Waals surface area contributed by atoms with E-state index in [1.165, 1.54) is 0 Å². The maximum Gasteiger partial charge on any atom is 0.0557 e. The lowest BCUT2D eigenvalue weighted by Gasteiger charge is -1.92. The van der Waals surface area contributed by atoms with E-state index in [1.54, 1.807) is 12.1 Å². The molecular formula is C8H6Cl. The molecule has 0 spiro atoms. The molecule has 0 saturated heterocycles. The lowest BCUT2D eigenvalue weighted by molar-refractivity contribution is 1.65. The summed E-state index contributed by atoms with van der Waals surface area (Å²) in [6.07, 6.45) is 1.71. The molecule has 1 heteroatoms. The fourth-order valence-electron chi connectivity index (χ4n) is 0.587. The van der Waals surface area contributed by atoms with Crippen LogP contribution in [0.1, 0.15) is 5.56 Å². The highest BCUT2D eigenvalue weighted by Gasteiger charge is 1.90. The fraction of sp³-hybridized carbons (Fsp3) is 0. The van der Waals surface area contributed by atoms with E-state index in [9.17, 15) is 0 Å². The van der Waals surface area contributed by atoms with E-state index in [-0.39, 0.29) is 0 Å². The molecule has 0 aliphatic heterocycles. The SMILES string of the molecule is C=Cc1ccc[c]c1Cl. The number of rotatable bonds is 1. The highest BCUT2D eigenvalue weighted by Crippen LogP contribution is 2.14. The molecule has 1 rings (SSSR count). The molecule has 0 bridgehead atoms. The van der Waals surface area contributed by atoms with Gasteiger partial charge in [0, 0.05) is 6.07 Å². The average Bonchev–Trinajstić information content (AvgIpc) is 1.89. The van der Waals surface area contributed by atoms with Gasteiger partial charge in [0.1, 0.15) is 0 Å². The highest BCUT2D eigenvalue weighted by molar-refractivity contribution is 6.31. The van der Waals surface area contributed by atoms with Gasteiger partial charge in [0.05, 0.1) is 5.02 Å². The molecule has 0 unspecified atom stereocenters. The largest absolute Gasteiger partial charge is 0.0984 e. The van der Waals surface area contributed by atoms with Crippen LogP contribution in [0.15, 0.2) is 24.8 Å². The quantitative estimate of drug-likeness (QED) is 0.559. The maximum atomic E-state index is 5.70. The summed E-state index contributed by atoms with van der Waals surface area (Å²) in [7, 11) is 0. The van der Waals surface area contributed by atoms with Crippen LogP contribution in [0.2, 0.25) is 5.02 Å². The highest BCUT2D eigenvalue weighted by atomic mass is 35.5. The molecule has 0 amide bonds. The Balaban J connectivity index is 3.15. The van der Waals surface area contributed by atoms with Gasteiger partial charge in [-0.3, -0.25) is 0 Å². The van der Waals surface area contributed by atoms with Gasteiger partial charge in [-0.25, -0.2) is 0 Å². The zero-order valence-corrected chi connectivity index (χ0v) is 5.65. The lowest BCUT2D eigenvalue weighted by atomic mass is 10.2. The van der Waals surface area contributed by atoms with Gasteiger partial charge in [0.15, 0.2) is 0 Å². The van der Waals surface area contributed by atoms with Gasteiger partial charge in [-0.1, -0.05) is 42.5 Å². The molecule has 45 valence electrons. The van der Waals surface area contributed by atoms with E-state index in [0.29, 0.717) is 5.02 Å². The van der Waals surface area contributed by atoms with Gasteiger partial charge in [-0.15, -0.1) is 0 Å². The van der Waals surface area contributed by atoms with E-state index < -0.39 is 0 Å². The van der Waals surface area contributed by atoms with Crippen LogP contribution in [-0.2, 0) is 0 Å². The van der Waals surface area contributed by atoms with Gasteiger partial charge >= 0.3 is 0 Å². The molecule has 0 nitrogen and oxygen atoms in total. The fourth-order valence-corrected chi connectivity index (χ4v) is 0.790. The van der Waals surface area contributed by atoms with Gasteiger partial charge in [0.25, 0.3) is 0 Å². The summed E-state index contributed by atoms with van der Waals surface area (Å²) in [5.41, 5.74) is 0.930. The molecular weight excluding hydrogens is 132 g/mol. The van der Waals surface area contributed by atoms with Crippen molar-refractivity contribution in [1.82, 2.24) is 0 Å². The average molecular weight is 138 g/mol. The lowest BCUT2D eigenvalue weighted by Crippen LogP contribution is -1.70. The first kappa shape index (κ1) is 6.37. The van der Waals surface area contributed by atoms with Gasteiger partial charge in [-0.2, -0.15) is 0 Å². The van der Waals surface area contributed by atoms with Gasteiger partial charge < -0.3 is 0 Å². The van der Waals surface area contributed by atoms with Crippen molar-refractivity contribution in [3.05, 3.63) is 41.4 Å². The van der Waals surface area contributed by atoms with Crippen molar-refractivity contribution in [3.8, 4) is 0 Å². The van der Waals surface area contributed by atoms with Gasteiger partial charge in [0.2, 0.25) is 0 Å². The molecule has 1 aromatic carbocycles. The summed E-state index contributed by atoms with van der Waals surface area (Å²) >= 11 is 5.70. The van der Waals surface area contributed by atoms with Crippen molar-refractivity contribution in [2.24, 2.45) is 0 Å². The van der Waals surface area contributed by atoms with Crippen LogP contribution in [0.5, 0.6) is 0 Å². The number of hydrogen-bond donors (Lipinski definition) is 0. The summed E-state index contributed by atoms with van der Waals surface area (Å²) in [6, 6.07) is 8.39. The molecule has 0 heterocycles. The third kappa shape index (κ3) is 1.33. The molecule has 1 radical (unpaired) electrons. The molecule has 0 atom stereocenters. The topological polar surface area (TPSA) is 0 Å². The van der Waals surface area contributed by atoms with Crippen LogP contribution in [-0.4, -0.2) is 0 Å². The van der Waals surface area contributed by atoms with E-state index >= 15 is 0 Å². The first-order chi connectivity index (χ1) is 4.34. The second-order valence-corrected chi connectivity index (χ2v) is 2.02. The smallest absolute Gasteiger partial charge is 0.0557 e. The third-order valence-corrected chi connectivity index (χ3v) is 1.38. The minimum absolute atomic E-state index is 0.632. The predicted octanol–water partition coefficient (Wildman–Crippen LogP) is 2.78. The summed E-state index contributed by atoms with van der Waals surface area (Å²) < 4.78 is 0. The van der Waals surface area contributed by atoms with Gasteiger partial charge in [-0.05, 0) is 5.56 Å². The standard InChI is InChI=1S/C8H6Cl/c1-2-7-5-3-4-6-8(7)9/h2-5H,1H2. The number of benzene rings is 1. The first-order valence-corrected chi connectivity index (χ1v) is 3.01. The van der Waals surface area contributed by atoms with Crippen LogP contribution < -0.4 is 0 Å². The summed E-state index contributed by atoms with van der Waals surface area (Å²) in [6.45, 7) is 3.59. The molecule has 0 saturated carbocycles. The number of hydrogen-bond acceptors (Lipinski definition) is 0. The van der Waals surface area contributed by atoms with E-state index in [0.717, 1.165) is 5.56 Å². The van der Waals surface area contributed by atoms with Crippen LogP contribution in [0.3, 0.4) is 0 Å². The predicted molar refractivity (Wildman–Crippen MR) is 40.4 cm³/mol. The first-order valence-electron chi connectivity index (χ1n) is 2.63. The van der Waals surface area contributed by atoms with Crippen molar-refractivity contribution >= 4 is 17.7 Å². The Morgan fingerprint density at radius 1 is 1.67 bits per heavy atom. The summed E-state index contributed by atoms with van der Waals surface area (Å²) in [5, 5.41) is 0.632. The van der Waals surface area contributed by atoms with E-state index in [2.05, 4.69) is 12.6 Å². The van der Waals surface area contributed by atoms with E-state index in [4.69, 9.17) is 11.6 Å². The molecule has 0 N–H and O–H groups in total. The molecule has 0 fully saturated rings. The van der Waals surface area contributed by atoms with Crippen LogP contribution in [0.4, 0.5) is 0 Å². The molecule has 0 aliphatic carbocycles. The third-order valence-electron chi connectivity index (χ3n) is 1.06. The van der Waals surface area contributed by atoms with Crippen molar-refractivity contribution in [2.45, 2.75) is 0 Å². The minimum Gasteiger partial charge on any atom is -0.0984 e. The van der Waals surface area contributed by atoms with Crippen LogP contribution in [0, 0.1) is 6.07 Å². The Morgan fingerprint density at radius 2 is 2.44 bits per heavy atom. The Bertz CT molecular complexity index is 216. The summed E-state index contributed by atoms with van der Waals surface area (Å²) in [5.74, 6) is 0. The Kier molecular flexibility index (Phi) is 1.91. The molecule has 0 aromatic heterocycles. The second kappa shape index (κ2) is 2.70. The Morgan fingerprint density at radius 3 is 2.89 bits per heavy atom. The Hall–Kier alpha value is -0.750. The Labute approximate surface area is 59.8 Å².